The molecule has 0 N–H and O–H groups in total. The van der Waals surface area contributed by atoms with Gasteiger partial charge < -0.3 is 0 Å². The lowest BCUT2D eigenvalue weighted by atomic mass is 10.2. The van der Waals surface area contributed by atoms with Gasteiger partial charge in [-0.05, 0) is 24.3 Å². The third-order valence-corrected chi connectivity index (χ3v) is 3.34. The van der Waals surface area contributed by atoms with Gasteiger partial charge in [0, 0.05) is 29.8 Å². The van der Waals surface area contributed by atoms with E-state index in [0.717, 1.165) is 6.26 Å². The molecule has 0 atom stereocenters. The molecule has 6 heteroatoms. The maximum absolute atomic E-state index is 11.2. The highest BCUT2D eigenvalue weighted by molar-refractivity contribution is 7.90. The number of aromatic nitrogens is 2. The molecule has 2 rings (SSSR count). The highest BCUT2D eigenvalue weighted by atomic mass is 32.2. The molecule has 18 heavy (non-hydrogen) atoms. The lowest BCUT2D eigenvalue weighted by Crippen LogP contribution is -2.00. The topological polar surface area (TPSA) is 77.0 Å². The maximum atomic E-state index is 11.2. The first-order chi connectivity index (χ1) is 8.50. The Morgan fingerprint density at radius 1 is 1.06 bits per heavy atom. The Morgan fingerprint density at radius 2 is 1.83 bits per heavy atom. The van der Waals surface area contributed by atoms with Crippen molar-refractivity contribution in [1.82, 2.24) is 9.97 Å². The number of rotatable bonds is 3. The quantitative estimate of drug-likeness (QED) is 0.780. The van der Waals surface area contributed by atoms with Crippen molar-refractivity contribution in [1.29, 1.82) is 0 Å². The Balaban J connectivity index is 2.37. The van der Waals surface area contributed by atoms with Crippen LogP contribution in [0.25, 0.3) is 11.3 Å². The number of nitrogens with zero attached hydrogens (tertiary/aromatic N) is 2. The number of pyridine rings is 2. The highest BCUT2D eigenvalue weighted by Gasteiger charge is 2.08. The lowest BCUT2D eigenvalue weighted by molar-refractivity contribution is 0.112. The maximum Gasteiger partial charge on any atom is 0.192 e. The van der Waals surface area contributed by atoms with Gasteiger partial charge >= 0.3 is 0 Å². The molecule has 0 unspecified atom stereocenters. The van der Waals surface area contributed by atoms with E-state index in [1.165, 1.54) is 18.5 Å². The highest BCUT2D eigenvalue weighted by Crippen LogP contribution is 2.17. The first kappa shape index (κ1) is 12.4. The first-order valence-corrected chi connectivity index (χ1v) is 6.97. The van der Waals surface area contributed by atoms with Crippen molar-refractivity contribution in [3.63, 3.8) is 0 Å². The van der Waals surface area contributed by atoms with E-state index in [1.54, 1.807) is 18.2 Å². The number of carbonyl (C=O) groups is 1. The van der Waals surface area contributed by atoms with Crippen LogP contribution in [0.2, 0.25) is 0 Å². The largest absolute Gasteiger partial charge is 0.298 e. The van der Waals surface area contributed by atoms with Crippen LogP contribution in [-0.4, -0.2) is 30.9 Å². The van der Waals surface area contributed by atoms with Crippen LogP contribution >= 0.6 is 0 Å². The molecule has 2 aromatic rings. The van der Waals surface area contributed by atoms with Crippen molar-refractivity contribution < 1.29 is 13.2 Å². The van der Waals surface area contributed by atoms with Crippen LogP contribution in [0.15, 0.2) is 41.7 Å². The van der Waals surface area contributed by atoms with Crippen molar-refractivity contribution in [3.05, 3.63) is 42.2 Å². The van der Waals surface area contributed by atoms with Gasteiger partial charge in [0.25, 0.3) is 0 Å². The number of hydrogen-bond acceptors (Lipinski definition) is 5. The van der Waals surface area contributed by atoms with Crippen molar-refractivity contribution in [2.24, 2.45) is 0 Å². The Bertz CT molecular complexity index is 661. The molecule has 0 spiro atoms. The zero-order valence-corrected chi connectivity index (χ0v) is 10.4. The normalized spacial score (nSPS) is 11.2. The average Bonchev–Trinajstić information content (AvgIpc) is 2.38. The summed E-state index contributed by atoms with van der Waals surface area (Å²) in [5.41, 5.74) is 1.81. The second-order valence-electron chi connectivity index (χ2n) is 3.75. The van der Waals surface area contributed by atoms with E-state index in [1.807, 2.05) is 0 Å². The molecule has 0 aliphatic rings. The fourth-order valence-electron chi connectivity index (χ4n) is 1.40. The van der Waals surface area contributed by atoms with Crippen molar-refractivity contribution in [2.75, 3.05) is 6.26 Å². The van der Waals surface area contributed by atoms with Gasteiger partial charge in [-0.15, -0.1) is 0 Å². The molecular weight excluding hydrogens is 252 g/mol. The van der Waals surface area contributed by atoms with Gasteiger partial charge in [0.05, 0.1) is 5.69 Å². The SMILES string of the molecule is CS(=O)(=O)c1ccc(-c2ccc(C=O)cn2)cn1. The molecule has 0 bridgehead atoms. The third-order valence-electron chi connectivity index (χ3n) is 2.33. The van der Waals surface area contributed by atoms with Crippen LogP contribution in [0.5, 0.6) is 0 Å². The molecule has 2 aromatic heterocycles. The zero-order chi connectivity index (χ0) is 13.2. The molecular formula is C12H10N2O3S. The third kappa shape index (κ3) is 2.60. The monoisotopic (exact) mass is 262 g/mol. The average molecular weight is 262 g/mol. The van der Waals surface area contributed by atoms with Gasteiger partial charge in [-0.1, -0.05) is 0 Å². The molecule has 0 amide bonds. The molecule has 0 aliphatic heterocycles. The van der Waals surface area contributed by atoms with Gasteiger partial charge in [-0.3, -0.25) is 9.78 Å². The van der Waals surface area contributed by atoms with E-state index in [-0.39, 0.29) is 5.03 Å². The molecule has 92 valence electrons. The second-order valence-corrected chi connectivity index (χ2v) is 5.71. The predicted molar refractivity (Wildman–Crippen MR) is 66.0 cm³/mol. The summed E-state index contributed by atoms with van der Waals surface area (Å²) in [5, 5.41) is 0.0239. The van der Waals surface area contributed by atoms with E-state index in [2.05, 4.69) is 9.97 Å². The standard InChI is InChI=1S/C12H10N2O3S/c1-18(16,17)12-5-3-10(7-14-12)11-4-2-9(8-15)6-13-11/h2-8H,1H3. The van der Waals surface area contributed by atoms with Crippen LogP contribution in [0.3, 0.4) is 0 Å². The summed E-state index contributed by atoms with van der Waals surface area (Å²) in [6.07, 6.45) is 4.71. The molecule has 0 aromatic carbocycles. The fourth-order valence-corrected chi connectivity index (χ4v) is 1.96. The molecule has 2 heterocycles. The van der Waals surface area contributed by atoms with Crippen LogP contribution in [0.1, 0.15) is 10.4 Å². The van der Waals surface area contributed by atoms with Crippen molar-refractivity contribution in [3.8, 4) is 11.3 Å². The molecule has 0 radical (unpaired) electrons. The summed E-state index contributed by atoms with van der Waals surface area (Å²) < 4.78 is 22.5. The Morgan fingerprint density at radius 3 is 2.28 bits per heavy atom. The Labute approximate surface area is 104 Å². The van der Waals surface area contributed by atoms with E-state index < -0.39 is 9.84 Å². The Kier molecular flexibility index (Phi) is 3.20. The number of carbonyl (C=O) groups excluding carboxylic acids is 1. The van der Waals surface area contributed by atoms with Crippen LogP contribution in [0.4, 0.5) is 0 Å². The minimum atomic E-state index is -3.29. The molecule has 5 nitrogen and oxygen atoms in total. The number of aldehydes is 1. The van der Waals surface area contributed by atoms with Gasteiger partial charge in [0.2, 0.25) is 0 Å². The predicted octanol–water partition coefficient (Wildman–Crippen LogP) is 1.36. The van der Waals surface area contributed by atoms with Gasteiger partial charge in [0.1, 0.15) is 0 Å². The van der Waals surface area contributed by atoms with Crippen LogP contribution in [-0.2, 0) is 9.84 Å². The van der Waals surface area contributed by atoms with Gasteiger partial charge in [0.15, 0.2) is 21.1 Å². The van der Waals surface area contributed by atoms with E-state index in [0.29, 0.717) is 23.1 Å². The number of hydrogen-bond donors (Lipinski definition) is 0. The second kappa shape index (κ2) is 4.66. The van der Waals surface area contributed by atoms with Gasteiger partial charge in [-0.25, -0.2) is 13.4 Å². The van der Waals surface area contributed by atoms with E-state index >= 15 is 0 Å². The summed E-state index contributed by atoms with van der Waals surface area (Å²) in [7, 11) is -3.29. The molecule has 0 saturated carbocycles. The van der Waals surface area contributed by atoms with Gasteiger partial charge in [-0.2, -0.15) is 0 Å². The zero-order valence-electron chi connectivity index (χ0n) is 9.57. The number of sulfone groups is 1. The summed E-state index contributed by atoms with van der Waals surface area (Å²) in [6.45, 7) is 0. The van der Waals surface area contributed by atoms with Crippen molar-refractivity contribution >= 4 is 16.1 Å². The minimum absolute atomic E-state index is 0.0239. The van der Waals surface area contributed by atoms with E-state index in [9.17, 15) is 13.2 Å². The summed E-state index contributed by atoms with van der Waals surface area (Å²) in [6, 6.07) is 6.38. The lowest BCUT2D eigenvalue weighted by Gasteiger charge is -2.02. The fraction of sp³-hybridized carbons (Fsp3) is 0.0833. The Hall–Kier alpha value is -2.08. The minimum Gasteiger partial charge on any atom is -0.298 e. The molecule has 0 aliphatic carbocycles. The molecule has 0 fully saturated rings. The molecule has 0 saturated heterocycles. The van der Waals surface area contributed by atoms with Crippen LogP contribution < -0.4 is 0 Å². The smallest absolute Gasteiger partial charge is 0.192 e. The first-order valence-electron chi connectivity index (χ1n) is 5.08. The van der Waals surface area contributed by atoms with Crippen LogP contribution in [0, 0.1) is 0 Å². The van der Waals surface area contributed by atoms with E-state index in [4.69, 9.17) is 0 Å². The summed E-state index contributed by atoms with van der Waals surface area (Å²) in [5.74, 6) is 0. The van der Waals surface area contributed by atoms with Crippen molar-refractivity contribution in [2.45, 2.75) is 5.03 Å². The summed E-state index contributed by atoms with van der Waals surface area (Å²) >= 11 is 0. The summed E-state index contributed by atoms with van der Waals surface area (Å²) in [4.78, 5) is 18.5.